The Kier molecular flexibility index (Phi) is 6.64. The Morgan fingerprint density at radius 3 is 2.33 bits per heavy atom. The highest BCUT2D eigenvalue weighted by Gasteiger charge is 2.18. The van der Waals surface area contributed by atoms with Gasteiger partial charge in [-0.3, -0.25) is 0 Å². The van der Waals surface area contributed by atoms with Crippen LogP contribution >= 0.6 is 0 Å². The maximum absolute atomic E-state index is 12.3. The van der Waals surface area contributed by atoms with Gasteiger partial charge in [-0.1, -0.05) is 13.8 Å². The normalized spacial score (nSPS) is 12.0. The Labute approximate surface area is 128 Å². The van der Waals surface area contributed by atoms with Crippen molar-refractivity contribution in [2.75, 3.05) is 31.9 Å². The molecule has 5 nitrogen and oxygen atoms in total. The van der Waals surface area contributed by atoms with Crippen LogP contribution in [0, 0.1) is 13.8 Å². The van der Waals surface area contributed by atoms with E-state index in [1.165, 1.54) is 0 Å². The van der Waals surface area contributed by atoms with Gasteiger partial charge in [0.1, 0.15) is 4.90 Å². The largest absolute Gasteiger partial charge is 0.398 e. The predicted octanol–water partition coefficient (Wildman–Crippen LogP) is 1.90. The lowest BCUT2D eigenvalue weighted by atomic mass is 10.1. The number of anilines is 1. The van der Waals surface area contributed by atoms with Crippen LogP contribution in [0.4, 0.5) is 5.69 Å². The van der Waals surface area contributed by atoms with Crippen LogP contribution in [0.3, 0.4) is 0 Å². The first-order valence-corrected chi connectivity index (χ1v) is 8.88. The van der Waals surface area contributed by atoms with Crippen molar-refractivity contribution in [3.63, 3.8) is 0 Å². The molecular weight excluding hydrogens is 286 g/mol. The van der Waals surface area contributed by atoms with Crippen molar-refractivity contribution in [2.45, 2.75) is 39.0 Å². The molecule has 0 aliphatic heterocycles. The summed E-state index contributed by atoms with van der Waals surface area (Å²) in [6.45, 7) is 11.0. The van der Waals surface area contributed by atoms with Gasteiger partial charge in [0, 0.05) is 13.1 Å². The maximum atomic E-state index is 12.3. The van der Waals surface area contributed by atoms with Gasteiger partial charge >= 0.3 is 0 Å². The van der Waals surface area contributed by atoms with Gasteiger partial charge in [0.2, 0.25) is 10.0 Å². The first-order valence-electron chi connectivity index (χ1n) is 7.40. The van der Waals surface area contributed by atoms with E-state index in [-0.39, 0.29) is 4.90 Å². The van der Waals surface area contributed by atoms with Gasteiger partial charge in [-0.2, -0.15) is 0 Å². The number of sulfonamides is 1. The fourth-order valence-electron chi connectivity index (χ4n) is 2.20. The molecule has 6 heteroatoms. The molecule has 3 N–H and O–H groups in total. The van der Waals surface area contributed by atoms with Crippen LogP contribution in [0.15, 0.2) is 17.0 Å². The molecule has 1 aromatic carbocycles. The molecule has 1 rings (SSSR count). The first kappa shape index (κ1) is 17.9. The first-order chi connectivity index (χ1) is 9.81. The highest BCUT2D eigenvalue weighted by atomic mass is 32.2. The topological polar surface area (TPSA) is 75.4 Å². The summed E-state index contributed by atoms with van der Waals surface area (Å²) in [5.41, 5.74) is 8.06. The molecule has 0 saturated carbocycles. The molecule has 1 aromatic rings. The van der Waals surface area contributed by atoms with Gasteiger partial charge in [-0.25, -0.2) is 13.1 Å². The number of likely N-dealkylation sites (N-methyl/N-ethyl adjacent to an activating group) is 1. The molecule has 0 radical (unpaired) electrons. The molecule has 0 aliphatic carbocycles. The van der Waals surface area contributed by atoms with Gasteiger partial charge in [-0.15, -0.1) is 0 Å². The summed E-state index contributed by atoms with van der Waals surface area (Å²) < 4.78 is 27.3. The van der Waals surface area contributed by atoms with E-state index >= 15 is 0 Å². The number of nitrogen functional groups attached to an aromatic ring is 1. The molecule has 0 saturated heterocycles. The SMILES string of the molecule is CCCN(CC)CCNS(=O)(=O)c1cc(C)c(C)cc1N. The minimum Gasteiger partial charge on any atom is -0.398 e. The molecule has 0 aromatic heterocycles. The highest BCUT2D eigenvalue weighted by molar-refractivity contribution is 7.89. The summed E-state index contributed by atoms with van der Waals surface area (Å²) in [7, 11) is -3.55. The van der Waals surface area contributed by atoms with Gasteiger partial charge in [0.15, 0.2) is 0 Å². The lowest BCUT2D eigenvalue weighted by Gasteiger charge is -2.19. The average molecular weight is 313 g/mol. The number of nitrogens with one attached hydrogen (secondary N) is 1. The molecule has 120 valence electrons. The second-order valence-electron chi connectivity index (χ2n) is 5.31. The zero-order valence-electron chi connectivity index (χ0n) is 13.4. The fraction of sp³-hybridized carbons (Fsp3) is 0.600. The summed E-state index contributed by atoms with van der Waals surface area (Å²) in [5.74, 6) is 0. The van der Waals surface area contributed by atoms with E-state index in [2.05, 4.69) is 23.5 Å². The van der Waals surface area contributed by atoms with Crippen LogP contribution in [-0.4, -0.2) is 39.5 Å². The van der Waals surface area contributed by atoms with E-state index in [1.807, 2.05) is 13.8 Å². The van der Waals surface area contributed by atoms with E-state index in [1.54, 1.807) is 12.1 Å². The molecule has 0 aliphatic rings. The van der Waals surface area contributed by atoms with E-state index in [0.29, 0.717) is 18.8 Å². The standard InChI is InChI=1S/C15H27N3O2S/c1-5-8-18(6-2)9-7-17-21(19,20)15-11-13(4)12(3)10-14(15)16/h10-11,17H,5-9,16H2,1-4H3. The Balaban J connectivity index is 2.76. The zero-order chi connectivity index (χ0) is 16.0. The van der Waals surface area contributed by atoms with Crippen molar-refractivity contribution in [3.8, 4) is 0 Å². The van der Waals surface area contributed by atoms with Crippen LogP contribution in [0.5, 0.6) is 0 Å². The smallest absolute Gasteiger partial charge is 0.242 e. The Hall–Kier alpha value is -1.11. The summed E-state index contributed by atoms with van der Waals surface area (Å²) in [5, 5.41) is 0. The molecular formula is C15H27N3O2S. The van der Waals surface area contributed by atoms with Crippen LogP contribution in [0.25, 0.3) is 0 Å². The Morgan fingerprint density at radius 1 is 1.14 bits per heavy atom. The molecule has 0 atom stereocenters. The Morgan fingerprint density at radius 2 is 1.76 bits per heavy atom. The monoisotopic (exact) mass is 313 g/mol. The number of hydrogen-bond donors (Lipinski definition) is 2. The molecule has 0 spiro atoms. The number of nitrogens with two attached hydrogens (primary N) is 1. The minimum atomic E-state index is -3.55. The van der Waals surface area contributed by atoms with Crippen molar-refractivity contribution in [3.05, 3.63) is 23.3 Å². The van der Waals surface area contributed by atoms with Crippen LogP contribution in [0.1, 0.15) is 31.4 Å². The van der Waals surface area contributed by atoms with E-state index in [9.17, 15) is 8.42 Å². The van der Waals surface area contributed by atoms with Crippen LogP contribution in [0.2, 0.25) is 0 Å². The van der Waals surface area contributed by atoms with Crippen LogP contribution < -0.4 is 10.5 Å². The van der Waals surface area contributed by atoms with Crippen LogP contribution in [-0.2, 0) is 10.0 Å². The maximum Gasteiger partial charge on any atom is 0.242 e. The molecule has 21 heavy (non-hydrogen) atoms. The van der Waals surface area contributed by atoms with Gasteiger partial charge in [-0.05, 0) is 56.6 Å². The molecule has 0 fully saturated rings. The third-order valence-corrected chi connectivity index (χ3v) is 5.14. The van der Waals surface area contributed by atoms with E-state index < -0.39 is 10.0 Å². The predicted molar refractivity (Wildman–Crippen MR) is 87.9 cm³/mol. The highest BCUT2D eigenvalue weighted by Crippen LogP contribution is 2.22. The second kappa shape index (κ2) is 7.77. The number of aryl methyl sites for hydroxylation is 2. The summed E-state index contributed by atoms with van der Waals surface area (Å²) in [6.07, 6.45) is 1.06. The van der Waals surface area contributed by atoms with E-state index in [0.717, 1.165) is 30.6 Å². The Bertz CT molecular complexity index is 571. The lowest BCUT2D eigenvalue weighted by molar-refractivity contribution is 0.293. The molecule has 0 amide bonds. The number of nitrogens with zero attached hydrogens (tertiary/aromatic N) is 1. The molecule has 0 heterocycles. The molecule has 0 unspecified atom stereocenters. The second-order valence-corrected chi connectivity index (χ2v) is 7.04. The van der Waals surface area contributed by atoms with E-state index in [4.69, 9.17) is 5.73 Å². The zero-order valence-corrected chi connectivity index (χ0v) is 14.3. The summed E-state index contributed by atoms with van der Waals surface area (Å²) in [6, 6.07) is 3.34. The van der Waals surface area contributed by atoms with Gasteiger partial charge in [0.25, 0.3) is 0 Å². The lowest BCUT2D eigenvalue weighted by Crippen LogP contribution is -2.35. The third-order valence-electron chi connectivity index (χ3n) is 3.62. The van der Waals surface area contributed by atoms with Crippen molar-refractivity contribution in [1.82, 2.24) is 9.62 Å². The minimum absolute atomic E-state index is 0.170. The summed E-state index contributed by atoms with van der Waals surface area (Å²) >= 11 is 0. The number of rotatable bonds is 8. The van der Waals surface area contributed by atoms with Crippen molar-refractivity contribution >= 4 is 15.7 Å². The summed E-state index contributed by atoms with van der Waals surface area (Å²) in [4.78, 5) is 2.39. The fourth-order valence-corrected chi connectivity index (χ4v) is 3.42. The average Bonchev–Trinajstić information content (AvgIpc) is 2.41. The third kappa shape index (κ3) is 4.98. The van der Waals surface area contributed by atoms with Gasteiger partial charge in [0.05, 0.1) is 5.69 Å². The van der Waals surface area contributed by atoms with Crippen molar-refractivity contribution in [2.24, 2.45) is 0 Å². The van der Waals surface area contributed by atoms with Crippen molar-refractivity contribution < 1.29 is 8.42 Å². The quantitative estimate of drug-likeness (QED) is 0.719. The number of hydrogen-bond acceptors (Lipinski definition) is 4. The number of benzene rings is 1. The molecule has 0 bridgehead atoms. The van der Waals surface area contributed by atoms with Gasteiger partial charge < -0.3 is 10.6 Å². The van der Waals surface area contributed by atoms with Crippen molar-refractivity contribution in [1.29, 1.82) is 0 Å².